The second-order valence-electron chi connectivity index (χ2n) is 6.27. The van der Waals surface area contributed by atoms with Crippen LogP contribution in [0, 0.1) is 11.3 Å². The summed E-state index contributed by atoms with van der Waals surface area (Å²) in [6.45, 7) is 8.08. The van der Waals surface area contributed by atoms with Crippen LogP contribution in [0.4, 0.5) is 0 Å². The van der Waals surface area contributed by atoms with Crippen molar-refractivity contribution in [3.8, 4) is 0 Å². The fraction of sp³-hybridized carbons (Fsp3) is 0.929. The molecule has 1 fully saturated rings. The number of hydrogen-bond acceptors (Lipinski definition) is 3. The van der Waals surface area contributed by atoms with Gasteiger partial charge >= 0.3 is 5.97 Å². The Morgan fingerprint density at radius 1 is 1.35 bits per heavy atom. The molecule has 3 nitrogen and oxygen atoms in total. The van der Waals surface area contributed by atoms with Gasteiger partial charge < -0.3 is 10.5 Å². The lowest BCUT2D eigenvalue weighted by Crippen LogP contribution is -2.45. The second kappa shape index (κ2) is 5.85. The van der Waals surface area contributed by atoms with Gasteiger partial charge in [0.05, 0.1) is 0 Å². The minimum Gasteiger partial charge on any atom is -0.461 e. The van der Waals surface area contributed by atoms with E-state index >= 15 is 0 Å². The minimum atomic E-state index is -0.526. The summed E-state index contributed by atoms with van der Waals surface area (Å²) in [5.74, 6) is 0.294. The molecule has 0 radical (unpaired) electrons. The molecule has 1 aliphatic rings. The fourth-order valence-corrected chi connectivity index (χ4v) is 2.37. The van der Waals surface area contributed by atoms with Crippen molar-refractivity contribution in [2.45, 2.75) is 71.9 Å². The molecule has 3 heteroatoms. The van der Waals surface area contributed by atoms with Gasteiger partial charge in [0.2, 0.25) is 0 Å². The quantitative estimate of drug-likeness (QED) is 0.773. The van der Waals surface area contributed by atoms with E-state index in [9.17, 15) is 4.79 Å². The summed E-state index contributed by atoms with van der Waals surface area (Å²) in [6, 6.07) is -0.526. The first-order chi connectivity index (χ1) is 7.86. The van der Waals surface area contributed by atoms with Gasteiger partial charge in [-0.25, -0.2) is 0 Å². The standard InChI is InChI=1S/C14H27NO2/c1-5-10-8-6-7-9-11(10)17-13(16)12(15)14(2,3)4/h10-12H,5-9,15H2,1-4H3. The van der Waals surface area contributed by atoms with E-state index in [0.29, 0.717) is 5.92 Å². The number of hydrogen-bond donors (Lipinski definition) is 1. The van der Waals surface area contributed by atoms with E-state index in [0.717, 1.165) is 12.8 Å². The molecule has 2 N–H and O–H groups in total. The van der Waals surface area contributed by atoms with E-state index in [2.05, 4.69) is 6.92 Å². The van der Waals surface area contributed by atoms with Crippen LogP contribution in [-0.2, 0) is 9.53 Å². The molecule has 1 rings (SSSR count). The number of carbonyl (C=O) groups is 1. The van der Waals surface area contributed by atoms with Crippen LogP contribution in [0.1, 0.15) is 59.8 Å². The monoisotopic (exact) mass is 241 g/mol. The zero-order chi connectivity index (χ0) is 13.1. The predicted octanol–water partition coefficient (Wildman–Crippen LogP) is 2.87. The molecule has 0 saturated heterocycles. The summed E-state index contributed by atoms with van der Waals surface area (Å²) in [4.78, 5) is 12.0. The zero-order valence-electron chi connectivity index (χ0n) is 11.7. The second-order valence-corrected chi connectivity index (χ2v) is 6.27. The lowest BCUT2D eigenvalue weighted by molar-refractivity contribution is -0.158. The van der Waals surface area contributed by atoms with Crippen LogP contribution in [0.15, 0.2) is 0 Å². The largest absolute Gasteiger partial charge is 0.461 e. The maximum atomic E-state index is 12.0. The summed E-state index contributed by atoms with van der Waals surface area (Å²) < 4.78 is 5.62. The highest BCUT2D eigenvalue weighted by Crippen LogP contribution is 2.30. The van der Waals surface area contributed by atoms with E-state index in [1.165, 1.54) is 19.3 Å². The molecule has 0 heterocycles. The first-order valence-corrected chi connectivity index (χ1v) is 6.82. The number of rotatable bonds is 3. The maximum absolute atomic E-state index is 12.0. The highest BCUT2D eigenvalue weighted by molar-refractivity contribution is 5.76. The first-order valence-electron chi connectivity index (χ1n) is 6.82. The van der Waals surface area contributed by atoms with Crippen molar-refractivity contribution in [2.24, 2.45) is 17.1 Å². The third-order valence-electron chi connectivity index (χ3n) is 3.82. The van der Waals surface area contributed by atoms with Gasteiger partial charge in [0.25, 0.3) is 0 Å². The van der Waals surface area contributed by atoms with Crippen molar-refractivity contribution in [2.75, 3.05) is 0 Å². The molecule has 0 amide bonds. The Kier molecular flexibility index (Phi) is 4.99. The van der Waals surface area contributed by atoms with Gasteiger partial charge in [0.15, 0.2) is 0 Å². The molecule has 1 saturated carbocycles. The van der Waals surface area contributed by atoms with E-state index < -0.39 is 6.04 Å². The molecule has 0 bridgehead atoms. The highest BCUT2D eigenvalue weighted by atomic mass is 16.5. The van der Waals surface area contributed by atoms with Crippen LogP contribution in [-0.4, -0.2) is 18.1 Å². The SMILES string of the molecule is CCC1CCCCC1OC(=O)C(N)C(C)(C)C. The number of esters is 1. The smallest absolute Gasteiger partial charge is 0.323 e. The van der Waals surface area contributed by atoms with Gasteiger partial charge in [0, 0.05) is 0 Å². The van der Waals surface area contributed by atoms with Gasteiger partial charge in [-0.1, -0.05) is 34.1 Å². The average Bonchev–Trinajstić information content (AvgIpc) is 2.27. The molecule has 0 aromatic heterocycles. The van der Waals surface area contributed by atoms with E-state index in [4.69, 9.17) is 10.5 Å². The first kappa shape index (κ1) is 14.5. The number of nitrogens with two attached hydrogens (primary N) is 1. The van der Waals surface area contributed by atoms with Crippen molar-refractivity contribution in [3.63, 3.8) is 0 Å². The lowest BCUT2D eigenvalue weighted by atomic mass is 9.84. The van der Waals surface area contributed by atoms with Crippen LogP contribution in [0.2, 0.25) is 0 Å². The van der Waals surface area contributed by atoms with Crippen molar-refractivity contribution in [1.29, 1.82) is 0 Å². The molecule has 0 spiro atoms. The molecule has 3 atom stereocenters. The van der Waals surface area contributed by atoms with E-state index in [1.807, 2.05) is 20.8 Å². The molecule has 0 aromatic rings. The van der Waals surface area contributed by atoms with Gasteiger partial charge in [-0.05, 0) is 37.0 Å². The molecule has 100 valence electrons. The Balaban J connectivity index is 2.55. The van der Waals surface area contributed by atoms with Crippen LogP contribution in [0.3, 0.4) is 0 Å². The van der Waals surface area contributed by atoms with Gasteiger partial charge in [-0.2, -0.15) is 0 Å². The van der Waals surface area contributed by atoms with Gasteiger partial charge in [-0.15, -0.1) is 0 Å². The summed E-state index contributed by atoms with van der Waals surface area (Å²) >= 11 is 0. The van der Waals surface area contributed by atoms with Crippen molar-refractivity contribution >= 4 is 5.97 Å². The molecular formula is C14H27NO2. The van der Waals surface area contributed by atoms with Crippen LogP contribution in [0.5, 0.6) is 0 Å². The number of ether oxygens (including phenoxy) is 1. The minimum absolute atomic E-state index is 0.0923. The summed E-state index contributed by atoms with van der Waals surface area (Å²) in [7, 11) is 0. The van der Waals surface area contributed by atoms with E-state index in [1.54, 1.807) is 0 Å². The highest BCUT2D eigenvalue weighted by Gasteiger charge is 2.33. The van der Waals surface area contributed by atoms with Gasteiger partial charge in [-0.3, -0.25) is 4.79 Å². The lowest BCUT2D eigenvalue weighted by Gasteiger charge is -2.33. The van der Waals surface area contributed by atoms with Crippen molar-refractivity contribution in [1.82, 2.24) is 0 Å². The Morgan fingerprint density at radius 2 is 1.94 bits per heavy atom. The summed E-state index contributed by atoms with van der Waals surface area (Å²) in [5, 5.41) is 0. The fourth-order valence-electron chi connectivity index (χ4n) is 2.37. The van der Waals surface area contributed by atoms with Crippen LogP contribution < -0.4 is 5.73 Å². The molecule has 0 aliphatic heterocycles. The normalized spacial score (nSPS) is 27.6. The van der Waals surface area contributed by atoms with E-state index in [-0.39, 0.29) is 17.5 Å². The average molecular weight is 241 g/mol. The van der Waals surface area contributed by atoms with Crippen LogP contribution >= 0.6 is 0 Å². The Morgan fingerprint density at radius 3 is 2.47 bits per heavy atom. The maximum Gasteiger partial charge on any atom is 0.323 e. The Hall–Kier alpha value is -0.570. The predicted molar refractivity (Wildman–Crippen MR) is 69.6 cm³/mol. The van der Waals surface area contributed by atoms with Crippen molar-refractivity contribution < 1.29 is 9.53 Å². The molecule has 0 aromatic carbocycles. The Bertz CT molecular complexity index is 257. The molecule has 1 aliphatic carbocycles. The van der Waals surface area contributed by atoms with Crippen LogP contribution in [0.25, 0.3) is 0 Å². The molecular weight excluding hydrogens is 214 g/mol. The number of carbonyl (C=O) groups excluding carboxylic acids is 1. The topological polar surface area (TPSA) is 52.3 Å². The summed E-state index contributed by atoms with van der Waals surface area (Å²) in [5.41, 5.74) is 5.70. The zero-order valence-corrected chi connectivity index (χ0v) is 11.7. The Labute approximate surface area is 105 Å². The van der Waals surface area contributed by atoms with Crippen molar-refractivity contribution in [3.05, 3.63) is 0 Å². The summed E-state index contributed by atoms with van der Waals surface area (Å²) in [6.07, 6.45) is 5.79. The van der Waals surface area contributed by atoms with Gasteiger partial charge in [0.1, 0.15) is 12.1 Å². The molecule has 3 unspecified atom stereocenters. The third-order valence-corrected chi connectivity index (χ3v) is 3.82. The third kappa shape index (κ3) is 3.98. The molecule has 17 heavy (non-hydrogen) atoms.